The van der Waals surface area contributed by atoms with Crippen molar-refractivity contribution in [3.05, 3.63) is 85.7 Å². The topological polar surface area (TPSA) is 79.5 Å². The van der Waals surface area contributed by atoms with Gasteiger partial charge in [0.15, 0.2) is 5.82 Å². The van der Waals surface area contributed by atoms with E-state index in [4.69, 9.17) is 4.42 Å². The lowest BCUT2D eigenvalue weighted by atomic mass is 9.99. The Kier molecular flexibility index (Phi) is 6.15. The number of aromatic nitrogens is 2. The molecule has 3 heterocycles. The smallest absolute Gasteiger partial charge is 0.349 e. The van der Waals surface area contributed by atoms with Gasteiger partial charge in [0.25, 0.3) is 5.91 Å². The summed E-state index contributed by atoms with van der Waals surface area (Å²) in [5.74, 6) is 0.462. The summed E-state index contributed by atoms with van der Waals surface area (Å²) in [5, 5.41) is 9.64. The van der Waals surface area contributed by atoms with E-state index >= 15 is 0 Å². The largest absolute Gasteiger partial charge is 0.422 e. The zero-order valence-electron chi connectivity index (χ0n) is 19.8. The summed E-state index contributed by atoms with van der Waals surface area (Å²) >= 11 is 3.41. The van der Waals surface area contributed by atoms with Crippen LogP contribution in [0.25, 0.3) is 22.2 Å². The molecule has 1 aliphatic rings. The van der Waals surface area contributed by atoms with E-state index in [1.165, 1.54) is 16.7 Å². The van der Waals surface area contributed by atoms with Crippen molar-refractivity contribution in [2.24, 2.45) is 0 Å². The molecular formula is C27H25BrN4O3. The van der Waals surface area contributed by atoms with Crippen LogP contribution in [-0.4, -0.2) is 47.2 Å². The summed E-state index contributed by atoms with van der Waals surface area (Å²) in [6, 6.07) is 15.2. The van der Waals surface area contributed by atoms with Gasteiger partial charge in [-0.2, -0.15) is 0 Å². The first-order chi connectivity index (χ1) is 16.8. The Hall–Kier alpha value is -3.52. The number of benzene rings is 2. The van der Waals surface area contributed by atoms with Gasteiger partial charge in [0.1, 0.15) is 11.1 Å². The van der Waals surface area contributed by atoms with Crippen molar-refractivity contribution < 1.29 is 9.21 Å². The molecule has 0 saturated carbocycles. The molecule has 1 amide bonds. The minimum atomic E-state index is -0.615. The molecule has 8 heteroatoms. The van der Waals surface area contributed by atoms with Crippen molar-refractivity contribution in [3.63, 3.8) is 0 Å². The minimum absolute atomic E-state index is 0.0527. The van der Waals surface area contributed by atoms with Crippen molar-refractivity contribution in [1.82, 2.24) is 15.1 Å². The lowest BCUT2D eigenvalue weighted by Gasteiger charge is -2.35. The van der Waals surface area contributed by atoms with Crippen molar-refractivity contribution in [3.8, 4) is 11.3 Å². The normalized spacial score (nSPS) is 13.9. The summed E-state index contributed by atoms with van der Waals surface area (Å²) in [7, 11) is 0. The van der Waals surface area contributed by atoms with Crippen LogP contribution in [0.3, 0.4) is 0 Å². The lowest BCUT2D eigenvalue weighted by Crippen LogP contribution is -2.49. The number of piperazine rings is 1. The number of nitrogens with zero attached hydrogens (tertiary/aromatic N) is 4. The Bertz CT molecular complexity index is 1490. The van der Waals surface area contributed by atoms with Gasteiger partial charge in [0.2, 0.25) is 0 Å². The number of hydrogen-bond acceptors (Lipinski definition) is 6. The summed E-state index contributed by atoms with van der Waals surface area (Å²) in [5.41, 5.74) is 5.49. The number of aryl methyl sites for hydroxylation is 3. The second-order valence-corrected chi connectivity index (χ2v) is 9.85. The Labute approximate surface area is 211 Å². The second kappa shape index (κ2) is 9.26. The molecule has 1 fully saturated rings. The highest BCUT2D eigenvalue weighted by Crippen LogP contribution is 2.26. The molecule has 1 aliphatic heterocycles. The molecule has 178 valence electrons. The Morgan fingerprint density at radius 3 is 2.34 bits per heavy atom. The molecule has 35 heavy (non-hydrogen) atoms. The van der Waals surface area contributed by atoms with E-state index in [0.717, 1.165) is 21.5 Å². The van der Waals surface area contributed by atoms with Crippen LogP contribution in [0.1, 0.15) is 27.0 Å². The number of hydrogen-bond donors (Lipinski definition) is 0. The standard InChI is InChI=1S/C27H25BrN4O3/c1-16-12-18(3)21(13-17(16)2)23-5-7-25(30-29-23)31-8-10-32(11-9-31)26(33)22-15-19-14-20(28)4-6-24(19)35-27(22)34/h4-7,12-15H,8-11H2,1-3H3. The van der Waals surface area contributed by atoms with Gasteiger partial charge in [-0.25, -0.2) is 4.79 Å². The number of carbonyl (C=O) groups excluding carboxylic acids is 1. The predicted molar refractivity (Wildman–Crippen MR) is 140 cm³/mol. The maximum atomic E-state index is 13.1. The zero-order chi connectivity index (χ0) is 24.7. The number of halogens is 1. The summed E-state index contributed by atoms with van der Waals surface area (Å²) in [4.78, 5) is 29.3. The number of fused-ring (bicyclic) bond motifs is 1. The van der Waals surface area contributed by atoms with Crippen LogP contribution in [0, 0.1) is 20.8 Å². The van der Waals surface area contributed by atoms with Crippen LogP contribution in [0.15, 0.2) is 62.2 Å². The third-order valence-electron chi connectivity index (χ3n) is 6.58. The van der Waals surface area contributed by atoms with E-state index in [9.17, 15) is 9.59 Å². The van der Waals surface area contributed by atoms with E-state index in [1.54, 1.807) is 23.1 Å². The van der Waals surface area contributed by atoms with Gasteiger partial charge in [-0.1, -0.05) is 22.0 Å². The van der Waals surface area contributed by atoms with Gasteiger partial charge in [-0.15, -0.1) is 10.2 Å². The van der Waals surface area contributed by atoms with Crippen LogP contribution < -0.4 is 10.5 Å². The van der Waals surface area contributed by atoms with E-state index in [1.807, 2.05) is 18.2 Å². The number of amides is 1. The van der Waals surface area contributed by atoms with Gasteiger partial charge in [-0.05, 0) is 79.9 Å². The SMILES string of the molecule is Cc1cc(C)c(-c2ccc(N3CCN(C(=O)c4cc5cc(Br)ccc5oc4=O)CC3)nn2)cc1C. The third-order valence-corrected chi connectivity index (χ3v) is 7.08. The average Bonchev–Trinajstić information content (AvgIpc) is 2.86. The fourth-order valence-corrected chi connectivity index (χ4v) is 4.81. The molecule has 5 rings (SSSR count). The molecule has 0 N–H and O–H groups in total. The quantitative estimate of drug-likeness (QED) is 0.349. The highest BCUT2D eigenvalue weighted by molar-refractivity contribution is 9.10. The number of anilines is 1. The lowest BCUT2D eigenvalue weighted by molar-refractivity contribution is 0.0742. The number of carbonyl (C=O) groups is 1. The molecule has 0 atom stereocenters. The molecule has 4 aromatic rings. The van der Waals surface area contributed by atoms with E-state index in [-0.39, 0.29) is 11.5 Å². The maximum absolute atomic E-state index is 13.1. The van der Waals surface area contributed by atoms with Crippen LogP contribution in [0.5, 0.6) is 0 Å². The Morgan fingerprint density at radius 2 is 1.63 bits per heavy atom. The Morgan fingerprint density at radius 1 is 0.886 bits per heavy atom. The monoisotopic (exact) mass is 532 g/mol. The van der Waals surface area contributed by atoms with Gasteiger partial charge >= 0.3 is 5.63 Å². The molecule has 7 nitrogen and oxygen atoms in total. The first-order valence-electron chi connectivity index (χ1n) is 11.5. The van der Waals surface area contributed by atoms with Crippen LogP contribution in [-0.2, 0) is 0 Å². The summed E-state index contributed by atoms with van der Waals surface area (Å²) in [6.45, 7) is 8.46. The van der Waals surface area contributed by atoms with E-state index in [0.29, 0.717) is 37.1 Å². The van der Waals surface area contributed by atoms with Crippen molar-refractivity contribution in [2.45, 2.75) is 20.8 Å². The highest BCUT2D eigenvalue weighted by atomic mass is 79.9. The maximum Gasteiger partial charge on any atom is 0.349 e. The van der Waals surface area contributed by atoms with Gasteiger partial charge in [0, 0.05) is 41.6 Å². The molecule has 0 aliphatic carbocycles. The molecule has 0 bridgehead atoms. The second-order valence-electron chi connectivity index (χ2n) is 8.94. The fraction of sp³-hybridized carbons (Fsp3) is 0.259. The third kappa shape index (κ3) is 4.58. The molecule has 0 radical (unpaired) electrons. The highest BCUT2D eigenvalue weighted by Gasteiger charge is 2.26. The molecule has 2 aromatic carbocycles. The van der Waals surface area contributed by atoms with Gasteiger partial charge in [-0.3, -0.25) is 4.79 Å². The zero-order valence-corrected chi connectivity index (χ0v) is 21.4. The Balaban J connectivity index is 1.29. The molecular weight excluding hydrogens is 508 g/mol. The van der Waals surface area contributed by atoms with Crippen molar-refractivity contribution >= 4 is 38.6 Å². The van der Waals surface area contributed by atoms with Crippen LogP contribution in [0.4, 0.5) is 5.82 Å². The number of rotatable bonds is 3. The summed E-state index contributed by atoms with van der Waals surface area (Å²) in [6.07, 6.45) is 0. The molecule has 1 saturated heterocycles. The van der Waals surface area contributed by atoms with Crippen LogP contribution >= 0.6 is 15.9 Å². The molecule has 0 unspecified atom stereocenters. The molecule has 0 spiro atoms. The first-order valence-corrected chi connectivity index (χ1v) is 12.3. The predicted octanol–water partition coefficient (Wildman–Crippen LogP) is 4.90. The van der Waals surface area contributed by atoms with Crippen LogP contribution in [0.2, 0.25) is 0 Å². The molecule has 2 aromatic heterocycles. The van der Waals surface area contributed by atoms with E-state index in [2.05, 4.69) is 63.9 Å². The van der Waals surface area contributed by atoms with E-state index < -0.39 is 5.63 Å². The minimum Gasteiger partial charge on any atom is -0.422 e. The van der Waals surface area contributed by atoms with Gasteiger partial charge < -0.3 is 14.2 Å². The van der Waals surface area contributed by atoms with Gasteiger partial charge in [0.05, 0.1) is 5.69 Å². The van der Waals surface area contributed by atoms with Crippen molar-refractivity contribution in [2.75, 3.05) is 31.1 Å². The first kappa shape index (κ1) is 23.2. The fourth-order valence-electron chi connectivity index (χ4n) is 4.43. The summed E-state index contributed by atoms with van der Waals surface area (Å²) < 4.78 is 6.22. The van der Waals surface area contributed by atoms with Crippen molar-refractivity contribution in [1.29, 1.82) is 0 Å². The average molecular weight is 533 g/mol.